The molecule has 196 valence electrons. The van der Waals surface area contributed by atoms with E-state index in [1.165, 1.54) is 0 Å². The van der Waals surface area contributed by atoms with E-state index in [2.05, 4.69) is 15.3 Å². The first-order chi connectivity index (χ1) is 17.3. The van der Waals surface area contributed by atoms with E-state index in [0.717, 1.165) is 29.8 Å². The quantitative estimate of drug-likeness (QED) is 0.450. The van der Waals surface area contributed by atoms with Crippen LogP contribution in [0.4, 0.5) is 30.5 Å². The number of nitrogens with zero attached hydrogens (tertiary/aromatic N) is 4. The molecule has 0 aliphatic heterocycles. The zero-order valence-corrected chi connectivity index (χ0v) is 21.1. The number of rotatable bonds is 8. The smallest absolute Gasteiger partial charge is 0.416 e. The number of carbonyl (C=O) groups excluding carboxylic acids is 1. The summed E-state index contributed by atoms with van der Waals surface area (Å²) in [5.41, 5.74) is 1.13. The van der Waals surface area contributed by atoms with Gasteiger partial charge in [-0.2, -0.15) is 13.2 Å². The van der Waals surface area contributed by atoms with E-state index in [-0.39, 0.29) is 5.56 Å². The first-order valence-corrected chi connectivity index (χ1v) is 11.3. The first kappa shape index (κ1) is 27.4. The zero-order chi connectivity index (χ0) is 27.5. The Kier molecular flexibility index (Phi) is 8.05. The van der Waals surface area contributed by atoms with Crippen molar-refractivity contribution >= 4 is 29.2 Å². The summed E-state index contributed by atoms with van der Waals surface area (Å²) in [7, 11) is 7.16. The number of hydrogen-bond acceptors (Lipinski definition) is 6. The molecule has 3 aromatic rings. The molecule has 0 bridgehead atoms. The lowest BCUT2D eigenvalue weighted by Crippen LogP contribution is -2.24. The molecule has 0 spiro atoms. The van der Waals surface area contributed by atoms with Crippen LogP contribution in [0.15, 0.2) is 48.5 Å². The van der Waals surface area contributed by atoms with E-state index in [4.69, 9.17) is 0 Å². The van der Waals surface area contributed by atoms with Crippen molar-refractivity contribution in [2.24, 2.45) is 0 Å². The summed E-state index contributed by atoms with van der Waals surface area (Å²) in [4.78, 5) is 36.9. The van der Waals surface area contributed by atoms with Gasteiger partial charge in [-0.3, -0.25) is 9.59 Å². The number of amides is 1. The van der Waals surface area contributed by atoms with E-state index in [1.54, 1.807) is 69.2 Å². The molecule has 0 aliphatic carbocycles. The first-order valence-electron chi connectivity index (χ1n) is 11.3. The lowest BCUT2D eigenvalue weighted by atomic mass is 10.0. The van der Waals surface area contributed by atoms with Crippen LogP contribution in [0.1, 0.15) is 45.7 Å². The van der Waals surface area contributed by atoms with Crippen LogP contribution in [0.2, 0.25) is 0 Å². The number of halogens is 3. The number of alkyl halides is 3. The van der Waals surface area contributed by atoms with Crippen LogP contribution < -0.4 is 15.1 Å². The average Bonchev–Trinajstić information content (AvgIpc) is 2.83. The normalized spacial score (nSPS) is 12.1. The second-order valence-corrected chi connectivity index (χ2v) is 8.95. The van der Waals surface area contributed by atoms with Crippen LogP contribution in [-0.2, 0) is 17.4 Å². The highest BCUT2D eigenvalue weighted by Gasteiger charge is 2.30. The second kappa shape index (κ2) is 10.9. The molecule has 1 heterocycles. The van der Waals surface area contributed by atoms with Crippen molar-refractivity contribution in [3.63, 3.8) is 0 Å². The molecule has 0 saturated carbocycles. The number of carbonyl (C=O) groups is 2. The maximum atomic E-state index is 12.7. The molecule has 1 unspecified atom stereocenters. The van der Waals surface area contributed by atoms with Crippen molar-refractivity contribution in [3.05, 3.63) is 76.6 Å². The van der Waals surface area contributed by atoms with E-state index in [1.807, 2.05) is 0 Å². The van der Waals surface area contributed by atoms with Gasteiger partial charge < -0.3 is 20.2 Å². The third kappa shape index (κ3) is 6.54. The van der Waals surface area contributed by atoms with Crippen molar-refractivity contribution in [1.29, 1.82) is 0 Å². The largest absolute Gasteiger partial charge is 0.481 e. The molecule has 1 atom stereocenters. The van der Waals surface area contributed by atoms with Crippen molar-refractivity contribution in [1.82, 2.24) is 9.97 Å². The van der Waals surface area contributed by atoms with Crippen LogP contribution in [0.5, 0.6) is 0 Å². The Balaban J connectivity index is 1.80. The van der Waals surface area contributed by atoms with Gasteiger partial charge in [-0.25, -0.2) is 9.97 Å². The Bertz CT molecular complexity index is 1250. The fraction of sp³-hybridized carbons (Fsp3) is 0.308. The molecule has 1 aromatic heterocycles. The number of nitrogens with one attached hydrogen (secondary N) is 1. The highest BCUT2D eigenvalue weighted by molar-refractivity contribution is 6.04. The van der Waals surface area contributed by atoms with Gasteiger partial charge in [0.15, 0.2) is 0 Å². The van der Waals surface area contributed by atoms with E-state index in [0.29, 0.717) is 35.1 Å². The highest BCUT2D eigenvalue weighted by atomic mass is 19.4. The van der Waals surface area contributed by atoms with Crippen LogP contribution in [0, 0.1) is 0 Å². The van der Waals surface area contributed by atoms with Gasteiger partial charge >= 0.3 is 12.1 Å². The molecule has 0 saturated heterocycles. The molecule has 3 rings (SSSR count). The van der Waals surface area contributed by atoms with Gasteiger partial charge in [0.2, 0.25) is 0 Å². The number of benzene rings is 2. The molecule has 37 heavy (non-hydrogen) atoms. The summed E-state index contributed by atoms with van der Waals surface area (Å²) >= 11 is 0. The van der Waals surface area contributed by atoms with Gasteiger partial charge in [0, 0.05) is 45.9 Å². The van der Waals surface area contributed by atoms with Crippen LogP contribution in [-0.4, -0.2) is 55.1 Å². The van der Waals surface area contributed by atoms with Crippen molar-refractivity contribution in [2.75, 3.05) is 43.3 Å². The maximum Gasteiger partial charge on any atom is 0.416 e. The standard InChI is InChI=1S/C26H28F3N5O3/c1-15(25(36)37)21-22(33(2)3)31-20(32-23(21)34(4)5)14-16-6-12-19(13-7-16)30-24(35)17-8-10-18(11-9-17)26(27,28)29/h6-13,15H,14H2,1-5H3,(H,30,35)(H,36,37). The molecule has 1 amide bonds. The summed E-state index contributed by atoms with van der Waals surface area (Å²) in [5.74, 6) is -0.782. The summed E-state index contributed by atoms with van der Waals surface area (Å²) in [6.07, 6.45) is -4.11. The SMILES string of the molecule is CC(C(=O)O)c1c(N(C)C)nc(Cc2ccc(NC(=O)c3ccc(C(F)(F)F)cc3)cc2)nc1N(C)C. The van der Waals surface area contributed by atoms with Crippen molar-refractivity contribution in [2.45, 2.75) is 25.4 Å². The monoisotopic (exact) mass is 515 g/mol. The Labute approximate surface area is 212 Å². The third-order valence-electron chi connectivity index (χ3n) is 5.65. The minimum Gasteiger partial charge on any atom is -0.481 e. The average molecular weight is 516 g/mol. The Morgan fingerprint density at radius 3 is 1.86 bits per heavy atom. The van der Waals surface area contributed by atoms with Crippen LogP contribution in [0.25, 0.3) is 0 Å². The molecule has 0 fully saturated rings. The van der Waals surface area contributed by atoms with Crippen LogP contribution >= 0.6 is 0 Å². The molecular weight excluding hydrogens is 487 g/mol. The van der Waals surface area contributed by atoms with E-state index in [9.17, 15) is 27.9 Å². The fourth-order valence-electron chi connectivity index (χ4n) is 3.66. The Morgan fingerprint density at radius 1 is 0.919 bits per heavy atom. The minimum atomic E-state index is -4.47. The lowest BCUT2D eigenvalue weighted by molar-refractivity contribution is -0.138. The molecule has 11 heteroatoms. The number of aromatic nitrogens is 2. The summed E-state index contributed by atoms with van der Waals surface area (Å²) in [6.45, 7) is 1.60. The van der Waals surface area contributed by atoms with Gasteiger partial charge in [0.25, 0.3) is 5.91 Å². The van der Waals surface area contributed by atoms with Crippen molar-refractivity contribution in [3.8, 4) is 0 Å². The summed E-state index contributed by atoms with van der Waals surface area (Å²) in [5, 5.41) is 12.3. The molecular formula is C26H28F3N5O3. The zero-order valence-electron chi connectivity index (χ0n) is 21.1. The molecule has 8 nitrogen and oxygen atoms in total. The molecule has 0 aliphatic rings. The van der Waals surface area contributed by atoms with Gasteiger partial charge in [-0.15, -0.1) is 0 Å². The number of aliphatic carboxylic acids is 1. The van der Waals surface area contributed by atoms with Gasteiger partial charge in [0.05, 0.1) is 17.0 Å². The topological polar surface area (TPSA) is 98.7 Å². The van der Waals surface area contributed by atoms with E-state index < -0.39 is 29.5 Å². The van der Waals surface area contributed by atoms with Crippen molar-refractivity contribution < 1.29 is 27.9 Å². The predicted molar refractivity (Wildman–Crippen MR) is 135 cm³/mol. The maximum absolute atomic E-state index is 12.7. The van der Waals surface area contributed by atoms with Gasteiger partial charge in [0.1, 0.15) is 17.5 Å². The summed E-state index contributed by atoms with van der Waals surface area (Å²) < 4.78 is 38.2. The van der Waals surface area contributed by atoms with Gasteiger partial charge in [-0.05, 0) is 48.9 Å². The molecule has 2 N–H and O–H groups in total. The summed E-state index contributed by atoms with van der Waals surface area (Å²) in [6, 6.07) is 10.9. The number of carboxylic acids is 1. The van der Waals surface area contributed by atoms with E-state index >= 15 is 0 Å². The number of anilines is 3. The lowest BCUT2D eigenvalue weighted by Gasteiger charge is -2.25. The van der Waals surface area contributed by atoms with Gasteiger partial charge in [-0.1, -0.05) is 12.1 Å². The predicted octanol–water partition coefficient (Wildman–Crippen LogP) is 4.66. The minimum absolute atomic E-state index is 0.105. The number of hydrogen-bond donors (Lipinski definition) is 2. The second-order valence-electron chi connectivity index (χ2n) is 8.95. The van der Waals surface area contributed by atoms with Crippen LogP contribution in [0.3, 0.4) is 0 Å². The fourth-order valence-corrected chi connectivity index (χ4v) is 3.66. The Morgan fingerprint density at radius 2 is 1.43 bits per heavy atom. The molecule has 2 aromatic carbocycles. The Hall–Kier alpha value is -4.15. The molecule has 0 radical (unpaired) electrons. The number of carboxylic acid groups (broad SMARTS) is 1. The third-order valence-corrected chi connectivity index (χ3v) is 5.65. The highest BCUT2D eigenvalue weighted by Crippen LogP contribution is 2.33.